The second kappa shape index (κ2) is 8.47. The van der Waals surface area contributed by atoms with E-state index in [9.17, 15) is 14.4 Å². The molecule has 0 N–H and O–H groups in total. The zero-order chi connectivity index (χ0) is 17.5. The number of aryl methyl sites for hydroxylation is 1. The van der Waals surface area contributed by atoms with Gasteiger partial charge in [-0.25, -0.2) is 9.78 Å². The third-order valence-electron chi connectivity index (χ3n) is 3.91. The van der Waals surface area contributed by atoms with Gasteiger partial charge < -0.3 is 14.5 Å². The van der Waals surface area contributed by atoms with Crippen LogP contribution in [0.25, 0.3) is 0 Å². The quantitative estimate of drug-likeness (QED) is 0.781. The van der Waals surface area contributed by atoms with E-state index in [1.54, 1.807) is 16.7 Å². The van der Waals surface area contributed by atoms with Crippen LogP contribution in [-0.4, -0.2) is 64.1 Å². The van der Waals surface area contributed by atoms with Crippen LogP contribution in [0.3, 0.4) is 0 Å². The van der Waals surface area contributed by atoms with E-state index in [1.807, 2.05) is 6.92 Å². The number of amides is 2. The van der Waals surface area contributed by atoms with Crippen molar-refractivity contribution >= 4 is 12.0 Å². The van der Waals surface area contributed by atoms with Crippen molar-refractivity contribution in [3.05, 3.63) is 28.4 Å². The summed E-state index contributed by atoms with van der Waals surface area (Å²) in [6, 6.07) is 1.48. The van der Waals surface area contributed by atoms with Crippen LogP contribution in [0.2, 0.25) is 0 Å². The molecule has 1 aromatic heterocycles. The van der Waals surface area contributed by atoms with E-state index in [0.717, 1.165) is 18.5 Å². The first-order valence-corrected chi connectivity index (χ1v) is 8.30. The van der Waals surface area contributed by atoms with Crippen molar-refractivity contribution < 1.29 is 14.3 Å². The van der Waals surface area contributed by atoms with Gasteiger partial charge in [0.15, 0.2) is 0 Å². The van der Waals surface area contributed by atoms with Crippen LogP contribution >= 0.6 is 0 Å². The molecule has 8 nitrogen and oxygen atoms in total. The van der Waals surface area contributed by atoms with Gasteiger partial charge in [-0.15, -0.1) is 0 Å². The topological polar surface area (TPSA) is 84.7 Å². The molecule has 0 radical (unpaired) electrons. The molecule has 2 amide bonds. The van der Waals surface area contributed by atoms with Crippen LogP contribution in [0.4, 0.5) is 4.79 Å². The van der Waals surface area contributed by atoms with Crippen LogP contribution in [0.1, 0.15) is 26.0 Å². The maximum absolute atomic E-state index is 12.3. The van der Waals surface area contributed by atoms with Gasteiger partial charge in [-0.2, -0.15) is 0 Å². The summed E-state index contributed by atoms with van der Waals surface area (Å²) in [7, 11) is 0. The molecule has 2 rings (SSSR count). The number of aromatic nitrogens is 2. The number of hydrogen-bond acceptors (Lipinski definition) is 5. The third-order valence-corrected chi connectivity index (χ3v) is 3.91. The number of carbonyl (C=O) groups is 2. The average molecular weight is 336 g/mol. The Morgan fingerprint density at radius 1 is 1.17 bits per heavy atom. The fourth-order valence-electron chi connectivity index (χ4n) is 2.57. The zero-order valence-corrected chi connectivity index (χ0v) is 14.2. The summed E-state index contributed by atoms with van der Waals surface area (Å²) in [5, 5.41) is 0. The minimum absolute atomic E-state index is 0.0301. The lowest BCUT2D eigenvalue weighted by atomic mass is 10.2. The summed E-state index contributed by atoms with van der Waals surface area (Å²) in [5.41, 5.74) is 0.529. The summed E-state index contributed by atoms with van der Waals surface area (Å²) in [5.74, 6) is -0.148. The SMILES string of the molecule is CCCc1cc(=O)n(CC(=O)N2CCN(C(=O)OCC)CC2)cn1. The highest BCUT2D eigenvalue weighted by atomic mass is 16.6. The first-order chi connectivity index (χ1) is 11.5. The lowest BCUT2D eigenvalue weighted by Gasteiger charge is -2.34. The second-order valence-electron chi connectivity index (χ2n) is 5.66. The molecule has 8 heteroatoms. The van der Waals surface area contributed by atoms with Gasteiger partial charge in [0.2, 0.25) is 5.91 Å². The van der Waals surface area contributed by atoms with E-state index >= 15 is 0 Å². The summed E-state index contributed by atoms with van der Waals surface area (Å²) >= 11 is 0. The lowest BCUT2D eigenvalue weighted by Crippen LogP contribution is -2.51. The number of ether oxygens (including phenoxy) is 1. The monoisotopic (exact) mass is 336 g/mol. The van der Waals surface area contributed by atoms with E-state index in [4.69, 9.17) is 4.74 Å². The Labute approximate surface area is 141 Å². The minimum atomic E-state index is -0.350. The largest absolute Gasteiger partial charge is 0.450 e. The van der Waals surface area contributed by atoms with E-state index in [2.05, 4.69) is 4.98 Å². The number of nitrogens with zero attached hydrogens (tertiary/aromatic N) is 4. The van der Waals surface area contributed by atoms with Crippen LogP contribution in [0, 0.1) is 0 Å². The Bertz CT molecular complexity index is 635. The highest BCUT2D eigenvalue weighted by Crippen LogP contribution is 2.05. The first-order valence-electron chi connectivity index (χ1n) is 8.30. The molecule has 1 fully saturated rings. The third kappa shape index (κ3) is 4.56. The van der Waals surface area contributed by atoms with Gasteiger partial charge in [-0.05, 0) is 13.3 Å². The second-order valence-corrected chi connectivity index (χ2v) is 5.66. The van der Waals surface area contributed by atoms with Crippen molar-refractivity contribution in [2.45, 2.75) is 33.2 Å². The van der Waals surface area contributed by atoms with Gasteiger partial charge in [0, 0.05) is 37.9 Å². The van der Waals surface area contributed by atoms with Gasteiger partial charge in [-0.1, -0.05) is 13.3 Å². The normalized spacial score (nSPS) is 14.6. The lowest BCUT2D eigenvalue weighted by molar-refractivity contribution is -0.133. The molecule has 0 atom stereocenters. The van der Waals surface area contributed by atoms with Crippen LogP contribution < -0.4 is 5.56 Å². The van der Waals surface area contributed by atoms with Gasteiger partial charge in [-0.3, -0.25) is 14.2 Å². The Morgan fingerprint density at radius 2 is 1.83 bits per heavy atom. The maximum atomic E-state index is 12.3. The van der Waals surface area contributed by atoms with Crippen molar-refractivity contribution in [3.63, 3.8) is 0 Å². The fourth-order valence-corrected chi connectivity index (χ4v) is 2.57. The van der Waals surface area contributed by atoms with Crippen LogP contribution in [0.15, 0.2) is 17.2 Å². The van der Waals surface area contributed by atoms with Gasteiger partial charge in [0.25, 0.3) is 5.56 Å². The molecule has 132 valence electrons. The average Bonchev–Trinajstić information content (AvgIpc) is 2.58. The van der Waals surface area contributed by atoms with Crippen LogP contribution in [0.5, 0.6) is 0 Å². The standard InChI is InChI=1S/C16H24N4O4/c1-3-5-13-10-14(21)20(12-17-13)11-15(22)18-6-8-19(9-7-18)16(23)24-4-2/h10,12H,3-9,11H2,1-2H3. The van der Waals surface area contributed by atoms with Crippen molar-refractivity contribution in [2.75, 3.05) is 32.8 Å². The molecule has 24 heavy (non-hydrogen) atoms. The zero-order valence-electron chi connectivity index (χ0n) is 14.2. The maximum Gasteiger partial charge on any atom is 0.409 e. The van der Waals surface area contributed by atoms with Crippen molar-refractivity contribution in [1.82, 2.24) is 19.4 Å². The molecule has 0 unspecified atom stereocenters. The number of rotatable bonds is 5. The molecule has 1 saturated heterocycles. The molecule has 0 aliphatic carbocycles. The highest BCUT2D eigenvalue weighted by molar-refractivity contribution is 5.76. The molecule has 0 saturated carbocycles. The van der Waals surface area contributed by atoms with Gasteiger partial charge in [0.1, 0.15) is 6.54 Å². The van der Waals surface area contributed by atoms with E-state index in [1.165, 1.54) is 17.0 Å². The Kier molecular flexibility index (Phi) is 6.34. The molecular weight excluding hydrogens is 312 g/mol. The predicted molar refractivity (Wildman–Crippen MR) is 87.7 cm³/mol. The smallest absolute Gasteiger partial charge is 0.409 e. The fraction of sp³-hybridized carbons (Fsp3) is 0.625. The Morgan fingerprint density at radius 3 is 2.42 bits per heavy atom. The Hall–Kier alpha value is -2.38. The van der Waals surface area contributed by atoms with E-state index in [-0.39, 0.29) is 24.1 Å². The van der Waals surface area contributed by atoms with Gasteiger partial charge in [0.05, 0.1) is 12.9 Å². The molecule has 0 bridgehead atoms. The first kappa shape index (κ1) is 18.0. The van der Waals surface area contributed by atoms with E-state index in [0.29, 0.717) is 32.8 Å². The Balaban J connectivity index is 1.90. The predicted octanol–water partition coefficient (Wildman–Crippen LogP) is 0.497. The molecule has 1 aliphatic heterocycles. The van der Waals surface area contributed by atoms with Crippen molar-refractivity contribution in [3.8, 4) is 0 Å². The highest BCUT2D eigenvalue weighted by Gasteiger charge is 2.24. The molecule has 1 aromatic rings. The minimum Gasteiger partial charge on any atom is -0.450 e. The molecule has 2 heterocycles. The number of piperazine rings is 1. The summed E-state index contributed by atoms with van der Waals surface area (Å²) in [4.78, 5) is 43.5. The molecule has 1 aliphatic rings. The summed E-state index contributed by atoms with van der Waals surface area (Å²) in [6.07, 6.45) is 2.75. The van der Waals surface area contributed by atoms with Crippen molar-refractivity contribution in [1.29, 1.82) is 0 Å². The summed E-state index contributed by atoms with van der Waals surface area (Å²) < 4.78 is 6.27. The number of hydrogen-bond donors (Lipinski definition) is 0. The van der Waals surface area contributed by atoms with Gasteiger partial charge >= 0.3 is 6.09 Å². The van der Waals surface area contributed by atoms with Crippen LogP contribution in [-0.2, 0) is 22.5 Å². The van der Waals surface area contributed by atoms with Crippen molar-refractivity contribution in [2.24, 2.45) is 0 Å². The molecule has 0 aromatic carbocycles. The molecular formula is C16H24N4O4. The number of carbonyl (C=O) groups excluding carboxylic acids is 2. The summed E-state index contributed by atoms with van der Waals surface area (Å²) in [6.45, 7) is 5.84. The van der Waals surface area contributed by atoms with E-state index < -0.39 is 0 Å². The molecule has 0 spiro atoms.